The summed E-state index contributed by atoms with van der Waals surface area (Å²) in [5.41, 5.74) is 2.41. The fraction of sp³-hybridized carbons (Fsp3) is 0.0625. The van der Waals surface area contributed by atoms with Gasteiger partial charge in [0.05, 0.1) is 16.7 Å². The smallest absolute Gasteiger partial charge is 0.264 e. The first kappa shape index (κ1) is 14.3. The number of aryl methyl sites for hydroxylation is 1. The number of rotatable bonds is 4. The Kier molecular flexibility index (Phi) is 3.68. The summed E-state index contributed by atoms with van der Waals surface area (Å²) >= 11 is 0. The van der Waals surface area contributed by atoms with Crippen molar-refractivity contribution in [1.82, 2.24) is 5.16 Å². The first-order chi connectivity index (χ1) is 10.6. The molecule has 0 saturated heterocycles. The molecular weight excluding hydrogens is 300 g/mol. The van der Waals surface area contributed by atoms with Crippen LogP contribution in [0.1, 0.15) is 5.56 Å². The summed E-state index contributed by atoms with van der Waals surface area (Å²) in [6.45, 7) is 1.90. The van der Waals surface area contributed by atoms with Gasteiger partial charge in [-0.1, -0.05) is 53.2 Å². The van der Waals surface area contributed by atoms with Crippen LogP contribution in [0.15, 0.2) is 70.2 Å². The van der Waals surface area contributed by atoms with Crippen LogP contribution in [0, 0.1) is 6.92 Å². The Hall–Kier alpha value is -2.60. The van der Waals surface area contributed by atoms with E-state index in [1.165, 1.54) is 6.20 Å². The summed E-state index contributed by atoms with van der Waals surface area (Å²) in [5, 5.41) is 3.69. The molecule has 0 spiro atoms. The molecule has 0 fully saturated rings. The summed E-state index contributed by atoms with van der Waals surface area (Å²) in [5.74, 6) is 0.103. The van der Waals surface area contributed by atoms with E-state index >= 15 is 0 Å². The minimum Gasteiger partial charge on any atom is -0.337 e. The zero-order valence-corrected chi connectivity index (χ0v) is 12.7. The minimum atomic E-state index is -3.71. The van der Waals surface area contributed by atoms with E-state index < -0.39 is 10.0 Å². The van der Waals surface area contributed by atoms with Gasteiger partial charge in [0.25, 0.3) is 10.0 Å². The number of aromatic nitrogens is 1. The first-order valence-corrected chi connectivity index (χ1v) is 8.14. The van der Waals surface area contributed by atoms with Crippen LogP contribution in [0.2, 0.25) is 0 Å². The molecule has 2 aromatic carbocycles. The van der Waals surface area contributed by atoms with E-state index in [9.17, 15) is 8.42 Å². The monoisotopic (exact) mass is 314 g/mol. The second kappa shape index (κ2) is 5.65. The van der Waals surface area contributed by atoms with Gasteiger partial charge >= 0.3 is 0 Å². The molecule has 112 valence electrons. The molecule has 0 aliphatic carbocycles. The number of hydrogen-bond donors (Lipinski definition) is 1. The molecule has 0 saturated carbocycles. The van der Waals surface area contributed by atoms with Crippen molar-refractivity contribution in [1.29, 1.82) is 0 Å². The van der Waals surface area contributed by atoms with Crippen LogP contribution in [0.4, 0.5) is 5.88 Å². The van der Waals surface area contributed by atoms with Gasteiger partial charge in [0, 0.05) is 0 Å². The molecule has 6 heteroatoms. The van der Waals surface area contributed by atoms with Gasteiger partial charge in [0.15, 0.2) is 0 Å². The van der Waals surface area contributed by atoms with Gasteiger partial charge in [-0.05, 0) is 24.6 Å². The average molecular weight is 314 g/mol. The van der Waals surface area contributed by atoms with Gasteiger partial charge in [0.2, 0.25) is 5.88 Å². The molecular formula is C16H14N2O3S. The molecule has 0 bridgehead atoms. The van der Waals surface area contributed by atoms with Crippen molar-refractivity contribution in [3.05, 3.63) is 66.4 Å². The van der Waals surface area contributed by atoms with E-state index in [0.717, 1.165) is 11.1 Å². The Balaban J connectivity index is 1.94. The Bertz CT molecular complexity index is 869. The van der Waals surface area contributed by atoms with E-state index in [2.05, 4.69) is 9.88 Å². The molecule has 3 aromatic rings. The molecule has 1 aromatic heterocycles. The standard InChI is InChI=1S/C16H14N2O3S/c1-12-7-9-14(10-8-12)22(19,20)18-16-15(11-17-21-16)13-5-3-2-4-6-13/h2-11,18H,1H3. The predicted molar refractivity (Wildman–Crippen MR) is 83.9 cm³/mol. The van der Waals surface area contributed by atoms with E-state index in [0.29, 0.717) is 5.56 Å². The maximum absolute atomic E-state index is 12.4. The van der Waals surface area contributed by atoms with E-state index in [4.69, 9.17) is 4.52 Å². The van der Waals surface area contributed by atoms with Gasteiger partial charge < -0.3 is 4.52 Å². The zero-order valence-electron chi connectivity index (χ0n) is 11.9. The fourth-order valence-corrected chi connectivity index (χ4v) is 3.04. The average Bonchev–Trinajstić information content (AvgIpc) is 2.96. The Morgan fingerprint density at radius 3 is 2.36 bits per heavy atom. The quantitative estimate of drug-likeness (QED) is 0.800. The number of benzene rings is 2. The number of nitrogens with one attached hydrogen (secondary N) is 1. The highest BCUT2D eigenvalue weighted by molar-refractivity contribution is 7.92. The number of anilines is 1. The summed E-state index contributed by atoms with van der Waals surface area (Å²) in [7, 11) is -3.71. The molecule has 22 heavy (non-hydrogen) atoms. The van der Waals surface area contributed by atoms with Crippen LogP contribution >= 0.6 is 0 Å². The summed E-state index contributed by atoms with van der Waals surface area (Å²) in [6.07, 6.45) is 1.49. The van der Waals surface area contributed by atoms with Crippen molar-refractivity contribution in [3.63, 3.8) is 0 Å². The molecule has 5 nitrogen and oxygen atoms in total. The van der Waals surface area contributed by atoms with Crippen LogP contribution in [0.3, 0.4) is 0 Å². The molecule has 0 atom stereocenters. The van der Waals surface area contributed by atoms with Gasteiger partial charge in [0.1, 0.15) is 0 Å². The summed E-state index contributed by atoms with van der Waals surface area (Å²) in [4.78, 5) is 0.175. The van der Waals surface area contributed by atoms with Crippen molar-refractivity contribution in [3.8, 4) is 11.1 Å². The minimum absolute atomic E-state index is 0.103. The molecule has 1 N–H and O–H groups in total. The number of sulfonamides is 1. The highest BCUT2D eigenvalue weighted by Gasteiger charge is 2.19. The zero-order chi connectivity index (χ0) is 15.6. The third-order valence-corrected chi connectivity index (χ3v) is 4.56. The van der Waals surface area contributed by atoms with Crippen LogP contribution in [0.25, 0.3) is 11.1 Å². The summed E-state index contributed by atoms with van der Waals surface area (Å²) < 4.78 is 32.3. The Labute approximate surface area is 128 Å². The first-order valence-electron chi connectivity index (χ1n) is 6.66. The van der Waals surface area contributed by atoms with E-state index in [-0.39, 0.29) is 10.8 Å². The lowest BCUT2D eigenvalue weighted by atomic mass is 10.1. The van der Waals surface area contributed by atoms with Crippen molar-refractivity contribution < 1.29 is 12.9 Å². The second-order valence-corrected chi connectivity index (χ2v) is 6.54. The van der Waals surface area contributed by atoms with E-state index in [1.54, 1.807) is 24.3 Å². The molecule has 0 amide bonds. The third kappa shape index (κ3) is 2.87. The molecule has 3 rings (SSSR count). The maximum Gasteiger partial charge on any atom is 0.264 e. The topological polar surface area (TPSA) is 72.2 Å². The molecule has 0 aliphatic heterocycles. The second-order valence-electron chi connectivity index (χ2n) is 4.85. The van der Waals surface area contributed by atoms with Gasteiger partial charge in [-0.25, -0.2) is 13.1 Å². The maximum atomic E-state index is 12.4. The highest BCUT2D eigenvalue weighted by Crippen LogP contribution is 2.29. The van der Waals surface area contributed by atoms with Crippen molar-refractivity contribution >= 4 is 15.9 Å². The molecule has 1 heterocycles. The SMILES string of the molecule is Cc1ccc(S(=O)(=O)Nc2oncc2-c2ccccc2)cc1. The molecule has 0 aliphatic rings. The number of nitrogens with zero attached hydrogens (tertiary/aromatic N) is 1. The lowest BCUT2D eigenvalue weighted by Gasteiger charge is -2.07. The highest BCUT2D eigenvalue weighted by atomic mass is 32.2. The van der Waals surface area contributed by atoms with Crippen LogP contribution in [0.5, 0.6) is 0 Å². The predicted octanol–water partition coefficient (Wildman–Crippen LogP) is 3.45. The van der Waals surface area contributed by atoms with Crippen LogP contribution < -0.4 is 4.72 Å². The molecule has 0 radical (unpaired) electrons. The normalized spacial score (nSPS) is 11.3. The lowest BCUT2D eigenvalue weighted by molar-refractivity contribution is 0.435. The van der Waals surface area contributed by atoms with Gasteiger partial charge in [-0.3, -0.25) is 0 Å². The summed E-state index contributed by atoms with van der Waals surface area (Å²) in [6, 6.07) is 15.9. The van der Waals surface area contributed by atoms with Crippen molar-refractivity contribution in [2.45, 2.75) is 11.8 Å². The van der Waals surface area contributed by atoms with Crippen molar-refractivity contribution in [2.75, 3.05) is 4.72 Å². The Morgan fingerprint density at radius 1 is 1.00 bits per heavy atom. The van der Waals surface area contributed by atoms with E-state index in [1.807, 2.05) is 37.3 Å². The van der Waals surface area contributed by atoms with Crippen LogP contribution in [-0.2, 0) is 10.0 Å². The Morgan fingerprint density at radius 2 is 1.68 bits per heavy atom. The molecule has 0 unspecified atom stereocenters. The number of hydrogen-bond acceptors (Lipinski definition) is 4. The van der Waals surface area contributed by atoms with Gasteiger partial charge in [-0.2, -0.15) is 0 Å². The third-order valence-electron chi connectivity index (χ3n) is 3.21. The largest absolute Gasteiger partial charge is 0.337 e. The fourth-order valence-electron chi connectivity index (χ4n) is 2.03. The van der Waals surface area contributed by atoms with Gasteiger partial charge in [-0.15, -0.1) is 0 Å². The lowest BCUT2D eigenvalue weighted by Crippen LogP contribution is -2.12. The van der Waals surface area contributed by atoms with Crippen molar-refractivity contribution in [2.24, 2.45) is 0 Å². The van der Waals surface area contributed by atoms with Crippen LogP contribution in [-0.4, -0.2) is 13.6 Å².